The Kier molecular flexibility index (Phi) is 3.27. The Hall–Kier alpha value is -1.42. The van der Waals surface area contributed by atoms with Gasteiger partial charge in [-0.05, 0) is 37.0 Å². The summed E-state index contributed by atoms with van der Waals surface area (Å²) in [5.41, 5.74) is 7.46. The molecule has 0 bridgehead atoms. The summed E-state index contributed by atoms with van der Waals surface area (Å²) in [5, 5.41) is 3.80. The van der Waals surface area contributed by atoms with E-state index in [0.29, 0.717) is 29.1 Å². The fourth-order valence-corrected chi connectivity index (χ4v) is 3.42. The highest BCUT2D eigenvalue weighted by atomic mass is 35.5. The molecular weight excluding hydrogens is 262 g/mol. The molecule has 2 heterocycles. The average molecular weight is 280 g/mol. The SMILES string of the molecule is Nc1ccc(N2CCC3NC(=O)CCC3C2)c(Cl)c1. The molecule has 4 nitrogen and oxygen atoms in total. The number of nitrogens with one attached hydrogen (secondary N) is 1. The second-order valence-electron chi connectivity index (χ2n) is 5.42. The van der Waals surface area contributed by atoms with Crippen molar-refractivity contribution in [3.63, 3.8) is 0 Å². The molecule has 1 aromatic rings. The number of amides is 1. The monoisotopic (exact) mass is 279 g/mol. The minimum Gasteiger partial charge on any atom is -0.399 e. The van der Waals surface area contributed by atoms with Crippen LogP contribution < -0.4 is 16.0 Å². The molecule has 19 heavy (non-hydrogen) atoms. The van der Waals surface area contributed by atoms with E-state index in [9.17, 15) is 4.79 Å². The Morgan fingerprint density at radius 3 is 3.00 bits per heavy atom. The number of carbonyl (C=O) groups is 1. The molecule has 2 saturated heterocycles. The summed E-state index contributed by atoms with van der Waals surface area (Å²) in [4.78, 5) is 13.7. The van der Waals surface area contributed by atoms with E-state index in [-0.39, 0.29) is 5.91 Å². The third kappa shape index (κ3) is 2.50. The summed E-state index contributed by atoms with van der Waals surface area (Å²) in [5.74, 6) is 0.722. The number of nitrogen functional groups attached to an aromatic ring is 1. The molecule has 1 amide bonds. The lowest BCUT2D eigenvalue weighted by molar-refractivity contribution is -0.124. The summed E-state index contributed by atoms with van der Waals surface area (Å²) in [6.07, 6.45) is 2.60. The van der Waals surface area contributed by atoms with Gasteiger partial charge in [-0.15, -0.1) is 0 Å². The zero-order chi connectivity index (χ0) is 13.4. The Morgan fingerprint density at radius 2 is 2.21 bits per heavy atom. The van der Waals surface area contributed by atoms with Crippen molar-refractivity contribution in [3.05, 3.63) is 23.2 Å². The minimum atomic E-state index is 0.195. The van der Waals surface area contributed by atoms with Crippen molar-refractivity contribution in [1.82, 2.24) is 5.32 Å². The molecule has 5 heteroatoms. The molecule has 0 aromatic heterocycles. The zero-order valence-electron chi connectivity index (χ0n) is 10.7. The number of carbonyl (C=O) groups excluding carboxylic acids is 1. The van der Waals surface area contributed by atoms with Crippen molar-refractivity contribution < 1.29 is 4.79 Å². The van der Waals surface area contributed by atoms with E-state index in [2.05, 4.69) is 10.2 Å². The number of nitrogens with two attached hydrogens (primary N) is 1. The molecule has 2 atom stereocenters. The van der Waals surface area contributed by atoms with Crippen LogP contribution in [0.5, 0.6) is 0 Å². The molecule has 3 N–H and O–H groups in total. The van der Waals surface area contributed by atoms with E-state index in [4.69, 9.17) is 17.3 Å². The van der Waals surface area contributed by atoms with Crippen molar-refractivity contribution >= 4 is 28.9 Å². The van der Waals surface area contributed by atoms with Crippen LogP contribution >= 0.6 is 11.6 Å². The van der Waals surface area contributed by atoms with Crippen molar-refractivity contribution in [1.29, 1.82) is 0 Å². The van der Waals surface area contributed by atoms with Gasteiger partial charge in [0.05, 0.1) is 10.7 Å². The number of piperidine rings is 2. The van der Waals surface area contributed by atoms with Crippen LogP contribution in [0.3, 0.4) is 0 Å². The summed E-state index contributed by atoms with van der Waals surface area (Å²) >= 11 is 6.27. The van der Waals surface area contributed by atoms with Gasteiger partial charge < -0.3 is 16.0 Å². The summed E-state index contributed by atoms with van der Waals surface area (Å²) in [6, 6.07) is 6.01. The zero-order valence-corrected chi connectivity index (χ0v) is 11.5. The highest BCUT2D eigenvalue weighted by Crippen LogP contribution is 2.33. The number of rotatable bonds is 1. The lowest BCUT2D eigenvalue weighted by atomic mass is 9.85. The van der Waals surface area contributed by atoms with E-state index < -0.39 is 0 Å². The predicted octanol–water partition coefficient (Wildman–Crippen LogP) is 2.03. The maximum Gasteiger partial charge on any atom is 0.220 e. The highest BCUT2D eigenvalue weighted by molar-refractivity contribution is 6.33. The van der Waals surface area contributed by atoms with Crippen LogP contribution in [0.1, 0.15) is 19.3 Å². The van der Waals surface area contributed by atoms with Crippen molar-refractivity contribution in [3.8, 4) is 0 Å². The molecule has 1 aromatic carbocycles. The van der Waals surface area contributed by atoms with Gasteiger partial charge in [0.2, 0.25) is 5.91 Å². The fraction of sp³-hybridized carbons (Fsp3) is 0.500. The fourth-order valence-electron chi connectivity index (χ4n) is 3.11. The first-order valence-electron chi connectivity index (χ1n) is 6.73. The number of benzene rings is 1. The lowest BCUT2D eigenvalue weighted by Gasteiger charge is -2.42. The van der Waals surface area contributed by atoms with E-state index in [0.717, 1.165) is 31.6 Å². The van der Waals surface area contributed by atoms with Crippen LogP contribution in [0.25, 0.3) is 0 Å². The standard InChI is InChI=1S/C14H18ClN3O/c15-11-7-10(16)2-3-13(11)18-6-5-12-9(8-18)1-4-14(19)17-12/h2-3,7,9,12H,1,4-6,8,16H2,(H,17,19). The molecule has 102 valence electrons. The van der Waals surface area contributed by atoms with Crippen LogP contribution in [-0.4, -0.2) is 25.0 Å². The maximum atomic E-state index is 11.4. The third-order valence-corrected chi connectivity index (χ3v) is 4.44. The number of hydrogen-bond donors (Lipinski definition) is 2. The first-order valence-corrected chi connectivity index (χ1v) is 7.10. The van der Waals surface area contributed by atoms with Gasteiger partial charge in [0, 0.05) is 31.2 Å². The first-order chi connectivity index (χ1) is 9.13. The molecule has 2 unspecified atom stereocenters. The molecule has 0 spiro atoms. The molecule has 0 radical (unpaired) electrons. The predicted molar refractivity (Wildman–Crippen MR) is 77.3 cm³/mol. The summed E-state index contributed by atoms with van der Waals surface area (Å²) in [6.45, 7) is 1.87. The Bertz CT molecular complexity index is 505. The molecule has 3 rings (SSSR count). The Morgan fingerprint density at radius 1 is 1.37 bits per heavy atom. The van der Waals surface area contributed by atoms with Gasteiger partial charge in [0.25, 0.3) is 0 Å². The maximum absolute atomic E-state index is 11.4. The van der Waals surface area contributed by atoms with Gasteiger partial charge in [-0.1, -0.05) is 11.6 Å². The third-order valence-electron chi connectivity index (χ3n) is 4.13. The number of nitrogens with zero attached hydrogens (tertiary/aromatic N) is 1. The van der Waals surface area contributed by atoms with Gasteiger partial charge in [0.1, 0.15) is 0 Å². The van der Waals surface area contributed by atoms with Crippen LogP contribution in [0.4, 0.5) is 11.4 Å². The van der Waals surface area contributed by atoms with E-state index in [1.54, 1.807) is 6.07 Å². The van der Waals surface area contributed by atoms with Gasteiger partial charge in [0.15, 0.2) is 0 Å². The van der Waals surface area contributed by atoms with Crippen molar-refractivity contribution in [2.24, 2.45) is 5.92 Å². The van der Waals surface area contributed by atoms with Crippen molar-refractivity contribution in [2.75, 3.05) is 23.7 Å². The largest absolute Gasteiger partial charge is 0.399 e. The normalized spacial score (nSPS) is 26.8. The van der Waals surface area contributed by atoms with Gasteiger partial charge >= 0.3 is 0 Å². The van der Waals surface area contributed by atoms with Crippen LogP contribution in [-0.2, 0) is 4.79 Å². The molecular formula is C14H18ClN3O. The Balaban J connectivity index is 1.76. The molecule has 0 aliphatic carbocycles. The van der Waals surface area contributed by atoms with Gasteiger partial charge in [-0.3, -0.25) is 4.79 Å². The van der Waals surface area contributed by atoms with Crippen LogP contribution in [0.2, 0.25) is 5.02 Å². The number of halogens is 1. The number of hydrogen-bond acceptors (Lipinski definition) is 3. The highest BCUT2D eigenvalue weighted by Gasteiger charge is 2.34. The van der Waals surface area contributed by atoms with Crippen molar-refractivity contribution in [2.45, 2.75) is 25.3 Å². The number of fused-ring (bicyclic) bond motifs is 1. The molecule has 2 aliphatic rings. The lowest BCUT2D eigenvalue weighted by Crippen LogP contribution is -2.54. The van der Waals surface area contributed by atoms with Crippen LogP contribution in [0.15, 0.2) is 18.2 Å². The Labute approximate surface area is 117 Å². The second-order valence-corrected chi connectivity index (χ2v) is 5.83. The molecule has 2 fully saturated rings. The topological polar surface area (TPSA) is 58.4 Å². The minimum absolute atomic E-state index is 0.195. The second kappa shape index (κ2) is 4.93. The molecule has 2 aliphatic heterocycles. The average Bonchev–Trinajstić information content (AvgIpc) is 2.38. The van der Waals surface area contributed by atoms with E-state index >= 15 is 0 Å². The smallest absolute Gasteiger partial charge is 0.220 e. The van der Waals surface area contributed by atoms with E-state index in [1.165, 1.54) is 0 Å². The van der Waals surface area contributed by atoms with Gasteiger partial charge in [-0.2, -0.15) is 0 Å². The van der Waals surface area contributed by atoms with E-state index in [1.807, 2.05) is 12.1 Å². The quantitative estimate of drug-likeness (QED) is 0.774. The first kappa shape index (κ1) is 12.6. The summed E-state index contributed by atoms with van der Waals surface area (Å²) in [7, 11) is 0. The molecule has 0 saturated carbocycles. The van der Waals surface area contributed by atoms with Crippen LogP contribution in [0, 0.1) is 5.92 Å². The van der Waals surface area contributed by atoms with Gasteiger partial charge in [-0.25, -0.2) is 0 Å². The summed E-state index contributed by atoms with van der Waals surface area (Å²) < 4.78 is 0. The number of anilines is 2.